The molecule has 3 rings (SSSR count). The van der Waals surface area contributed by atoms with Crippen LogP contribution < -0.4 is 10.3 Å². The molecule has 0 saturated heterocycles. The van der Waals surface area contributed by atoms with Crippen LogP contribution in [-0.2, 0) is 9.53 Å². The van der Waals surface area contributed by atoms with Gasteiger partial charge >= 0.3 is 5.97 Å². The molecule has 0 aliphatic carbocycles. The fraction of sp³-hybridized carbons (Fsp3) is 0.167. The summed E-state index contributed by atoms with van der Waals surface area (Å²) in [4.78, 5) is 31.0. The molecule has 6 nitrogen and oxygen atoms in total. The number of benzene rings is 2. The van der Waals surface area contributed by atoms with Gasteiger partial charge in [0.2, 0.25) is 0 Å². The molecule has 0 radical (unpaired) electrons. The molecule has 1 atom stereocenters. The maximum Gasteiger partial charge on any atom is 0.344 e. The summed E-state index contributed by atoms with van der Waals surface area (Å²) >= 11 is 3.32. The van der Waals surface area contributed by atoms with Gasteiger partial charge in [-0.15, -0.1) is 0 Å². The lowest BCUT2D eigenvalue weighted by Gasteiger charge is -2.13. The summed E-state index contributed by atoms with van der Waals surface area (Å²) in [5, 5.41) is 0.489. The van der Waals surface area contributed by atoms with Crippen LogP contribution in [0.2, 0.25) is 0 Å². The smallest absolute Gasteiger partial charge is 0.344 e. The summed E-state index contributed by atoms with van der Waals surface area (Å²) in [6.07, 6.45) is -0.696. The van der Waals surface area contributed by atoms with E-state index in [0.717, 1.165) is 4.47 Å². The van der Waals surface area contributed by atoms with E-state index < -0.39 is 12.1 Å². The van der Waals surface area contributed by atoms with Crippen LogP contribution in [0.15, 0.2) is 57.8 Å². The van der Waals surface area contributed by atoms with E-state index in [2.05, 4.69) is 25.9 Å². The number of nitrogens with one attached hydrogen (secondary N) is 1. The fourth-order valence-corrected chi connectivity index (χ4v) is 2.52. The van der Waals surface area contributed by atoms with Gasteiger partial charge in [0.15, 0.2) is 18.5 Å². The van der Waals surface area contributed by atoms with Crippen LogP contribution in [0.25, 0.3) is 10.9 Å². The molecule has 0 spiro atoms. The van der Waals surface area contributed by atoms with Crippen molar-refractivity contribution in [2.24, 2.45) is 0 Å². The largest absolute Gasteiger partial charge is 0.482 e. The van der Waals surface area contributed by atoms with Crippen molar-refractivity contribution in [3.05, 3.63) is 69.2 Å². The highest BCUT2D eigenvalue weighted by molar-refractivity contribution is 9.10. The van der Waals surface area contributed by atoms with E-state index in [-0.39, 0.29) is 12.2 Å². The Labute approximate surface area is 151 Å². The van der Waals surface area contributed by atoms with Gasteiger partial charge in [0.1, 0.15) is 5.75 Å². The number of halogens is 1. The Balaban J connectivity index is 1.65. The molecule has 128 valence electrons. The first-order chi connectivity index (χ1) is 12.0. The molecule has 0 bridgehead atoms. The van der Waals surface area contributed by atoms with Gasteiger partial charge in [0, 0.05) is 4.47 Å². The fourth-order valence-electron chi connectivity index (χ4n) is 2.26. The number of aromatic nitrogens is 2. The maximum atomic E-state index is 12.1. The van der Waals surface area contributed by atoms with Gasteiger partial charge in [0.25, 0.3) is 5.56 Å². The highest BCUT2D eigenvalue weighted by Gasteiger charge is 2.16. The quantitative estimate of drug-likeness (QED) is 0.661. The summed E-state index contributed by atoms with van der Waals surface area (Å²) in [5.74, 6) is 0.303. The number of ether oxygens (including phenoxy) is 2. The number of H-pyrrole nitrogens is 1. The van der Waals surface area contributed by atoms with Gasteiger partial charge in [-0.05, 0) is 43.3 Å². The van der Waals surface area contributed by atoms with Crippen molar-refractivity contribution < 1.29 is 14.3 Å². The number of hydrogen-bond acceptors (Lipinski definition) is 5. The lowest BCUT2D eigenvalue weighted by molar-refractivity contribution is -0.151. The van der Waals surface area contributed by atoms with Gasteiger partial charge in [-0.2, -0.15) is 0 Å². The average Bonchev–Trinajstić information content (AvgIpc) is 2.61. The zero-order chi connectivity index (χ0) is 17.8. The van der Waals surface area contributed by atoms with E-state index in [1.807, 2.05) is 12.1 Å². The summed E-state index contributed by atoms with van der Waals surface area (Å²) in [6.45, 7) is 1.41. The molecular weight excluding hydrogens is 388 g/mol. The minimum absolute atomic E-state index is 0.232. The summed E-state index contributed by atoms with van der Waals surface area (Å²) in [6, 6.07) is 14.1. The summed E-state index contributed by atoms with van der Waals surface area (Å²) in [7, 11) is 0. The number of aromatic amines is 1. The number of rotatable bonds is 5. The minimum atomic E-state index is -0.696. The molecule has 1 unspecified atom stereocenters. The van der Waals surface area contributed by atoms with Crippen LogP contribution in [-0.4, -0.2) is 22.5 Å². The summed E-state index contributed by atoms with van der Waals surface area (Å²) in [5.41, 5.74) is 0.282. The minimum Gasteiger partial charge on any atom is -0.482 e. The second-order valence-electron chi connectivity index (χ2n) is 5.34. The Bertz CT molecular complexity index is 953. The van der Waals surface area contributed by atoms with Crippen LogP contribution in [0.3, 0.4) is 0 Å². The number of carbonyl (C=O) groups excluding carboxylic acids is 1. The van der Waals surface area contributed by atoms with Crippen molar-refractivity contribution in [3.8, 4) is 5.75 Å². The van der Waals surface area contributed by atoms with E-state index in [1.165, 1.54) is 0 Å². The number of para-hydroxylation sites is 1. The Morgan fingerprint density at radius 3 is 2.68 bits per heavy atom. The Kier molecular flexibility index (Phi) is 5.14. The average molecular weight is 403 g/mol. The van der Waals surface area contributed by atoms with E-state index in [9.17, 15) is 9.59 Å². The second kappa shape index (κ2) is 7.48. The molecule has 0 aliphatic heterocycles. The normalized spacial score (nSPS) is 11.9. The molecule has 7 heteroatoms. The molecule has 0 fully saturated rings. The third-order valence-corrected chi connectivity index (χ3v) is 4.02. The molecule has 0 saturated carbocycles. The maximum absolute atomic E-state index is 12.1. The third-order valence-electron chi connectivity index (χ3n) is 3.49. The first kappa shape index (κ1) is 17.2. The molecule has 1 N–H and O–H groups in total. The number of hydrogen-bond donors (Lipinski definition) is 1. The molecule has 1 aromatic heterocycles. The molecule has 1 heterocycles. The van der Waals surface area contributed by atoms with Gasteiger partial charge in [-0.25, -0.2) is 9.78 Å². The van der Waals surface area contributed by atoms with Crippen molar-refractivity contribution in [1.82, 2.24) is 9.97 Å². The van der Waals surface area contributed by atoms with Crippen LogP contribution in [0.1, 0.15) is 18.9 Å². The van der Waals surface area contributed by atoms with Crippen LogP contribution in [0, 0.1) is 0 Å². The lowest BCUT2D eigenvalue weighted by atomic mass is 10.2. The SMILES string of the molecule is CC(OC(=O)COc1ccc(Br)cc1)c1nc2ccccc2c(=O)[nH]1. The number of nitrogens with zero attached hydrogens (tertiary/aromatic N) is 1. The van der Waals surface area contributed by atoms with E-state index in [0.29, 0.717) is 22.5 Å². The van der Waals surface area contributed by atoms with Crippen molar-refractivity contribution in [1.29, 1.82) is 0 Å². The van der Waals surface area contributed by atoms with Gasteiger partial charge in [-0.1, -0.05) is 28.1 Å². The van der Waals surface area contributed by atoms with Crippen molar-refractivity contribution in [2.75, 3.05) is 6.61 Å². The lowest BCUT2D eigenvalue weighted by Crippen LogP contribution is -2.20. The highest BCUT2D eigenvalue weighted by Crippen LogP contribution is 2.17. The van der Waals surface area contributed by atoms with Crippen molar-refractivity contribution >= 4 is 32.8 Å². The first-order valence-electron chi connectivity index (χ1n) is 7.60. The predicted molar refractivity (Wildman–Crippen MR) is 96.5 cm³/mol. The third kappa shape index (κ3) is 4.24. The second-order valence-corrected chi connectivity index (χ2v) is 6.26. The van der Waals surface area contributed by atoms with E-state index >= 15 is 0 Å². The van der Waals surface area contributed by atoms with Gasteiger partial charge < -0.3 is 14.5 Å². The van der Waals surface area contributed by atoms with E-state index in [1.54, 1.807) is 43.3 Å². The molecule has 3 aromatic rings. The molecule has 25 heavy (non-hydrogen) atoms. The number of fused-ring (bicyclic) bond motifs is 1. The highest BCUT2D eigenvalue weighted by atomic mass is 79.9. The molecule has 0 aliphatic rings. The number of carbonyl (C=O) groups is 1. The van der Waals surface area contributed by atoms with Crippen LogP contribution in [0.4, 0.5) is 0 Å². The number of esters is 1. The standard InChI is InChI=1S/C18H15BrN2O4/c1-11(17-20-15-5-3-2-4-14(15)18(23)21-17)25-16(22)10-24-13-8-6-12(19)7-9-13/h2-9,11H,10H2,1H3,(H,20,21,23). The predicted octanol–water partition coefficient (Wildman–Crippen LogP) is 3.37. The van der Waals surface area contributed by atoms with E-state index in [4.69, 9.17) is 9.47 Å². The first-order valence-corrected chi connectivity index (χ1v) is 8.39. The zero-order valence-electron chi connectivity index (χ0n) is 13.4. The summed E-state index contributed by atoms with van der Waals surface area (Å²) < 4.78 is 11.6. The molecule has 2 aromatic carbocycles. The Morgan fingerprint density at radius 1 is 1.20 bits per heavy atom. The van der Waals surface area contributed by atoms with Crippen LogP contribution in [0.5, 0.6) is 5.75 Å². The van der Waals surface area contributed by atoms with Gasteiger partial charge in [0.05, 0.1) is 10.9 Å². The van der Waals surface area contributed by atoms with Gasteiger partial charge in [-0.3, -0.25) is 4.79 Å². The van der Waals surface area contributed by atoms with Crippen molar-refractivity contribution in [3.63, 3.8) is 0 Å². The Morgan fingerprint density at radius 2 is 1.92 bits per heavy atom. The molecular formula is C18H15BrN2O4. The molecule has 0 amide bonds. The monoisotopic (exact) mass is 402 g/mol. The zero-order valence-corrected chi connectivity index (χ0v) is 14.9. The topological polar surface area (TPSA) is 81.3 Å². The van der Waals surface area contributed by atoms with Crippen LogP contribution >= 0.6 is 15.9 Å². The van der Waals surface area contributed by atoms with Crippen molar-refractivity contribution in [2.45, 2.75) is 13.0 Å². The Hall–Kier alpha value is -2.67.